The van der Waals surface area contributed by atoms with Crippen molar-refractivity contribution in [3.8, 4) is 0 Å². The van der Waals surface area contributed by atoms with Gasteiger partial charge >= 0.3 is 12.0 Å². The molecule has 0 aromatic rings. The molecule has 0 heterocycles. The molecule has 0 spiro atoms. The Morgan fingerprint density at radius 2 is 1.94 bits per heavy atom. The van der Waals surface area contributed by atoms with Crippen LogP contribution in [0.5, 0.6) is 0 Å². The van der Waals surface area contributed by atoms with Gasteiger partial charge in [-0.2, -0.15) is 0 Å². The van der Waals surface area contributed by atoms with Crippen molar-refractivity contribution in [2.45, 2.75) is 45.6 Å². The molecule has 1 aliphatic carbocycles. The smallest absolute Gasteiger partial charge is 0.315 e. The SMILES string of the molecule is CC(C)C(CNC(=O)NC1(C)CCC1)C(=O)O. The Balaban J connectivity index is 2.33. The lowest BCUT2D eigenvalue weighted by atomic mass is 9.79. The van der Waals surface area contributed by atoms with E-state index in [9.17, 15) is 9.59 Å². The van der Waals surface area contributed by atoms with Crippen LogP contribution in [-0.4, -0.2) is 29.2 Å². The molecule has 1 aliphatic rings. The number of nitrogens with one attached hydrogen (secondary N) is 2. The number of carbonyl (C=O) groups is 2. The van der Waals surface area contributed by atoms with Crippen LogP contribution >= 0.6 is 0 Å². The normalized spacial score (nSPS) is 19.3. The fourth-order valence-electron chi connectivity index (χ4n) is 1.96. The van der Waals surface area contributed by atoms with Crippen molar-refractivity contribution in [1.29, 1.82) is 0 Å². The van der Waals surface area contributed by atoms with Crippen molar-refractivity contribution in [3.05, 3.63) is 0 Å². The maximum absolute atomic E-state index is 11.6. The Morgan fingerprint density at radius 3 is 2.29 bits per heavy atom. The molecule has 0 saturated heterocycles. The Labute approximate surface area is 102 Å². The second kappa shape index (κ2) is 5.38. The van der Waals surface area contributed by atoms with Gasteiger partial charge in [-0.3, -0.25) is 4.79 Å². The first-order valence-electron chi connectivity index (χ1n) is 6.13. The van der Waals surface area contributed by atoms with Gasteiger partial charge in [-0.1, -0.05) is 13.8 Å². The van der Waals surface area contributed by atoms with E-state index in [1.165, 1.54) is 0 Å². The van der Waals surface area contributed by atoms with Gasteiger partial charge in [0.2, 0.25) is 0 Å². The summed E-state index contributed by atoms with van der Waals surface area (Å²) in [5.41, 5.74) is -0.0966. The number of amides is 2. The third-order valence-corrected chi connectivity index (χ3v) is 3.48. The second-order valence-electron chi connectivity index (χ2n) is 5.44. The summed E-state index contributed by atoms with van der Waals surface area (Å²) in [6.07, 6.45) is 3.13. The molecule has 1 saturated carbocycles. The van der Waals surface area contributed by atoms with E-state index >= 15 is 0 Å². The standard InChI is InChI=1S/C12H22N2O3/c1-8(2)9(10(15)16)7-13-11(17)14-12(3)5-4-6-12/h8-9H,4-7H2,1-3H3,(H,15,16)(H2,13,14,17). The highest BCUT2D eigenvalue weighted by atomic mass is 16.4. The van der Waals surface area contributed by atoms with E-state index < -0.39 is 11.9 Å². The van der Waals surface area contributed by atoms with Crippen molar-refractivity contribution in [2.75, 3.05) is 6.54 Å². The van der Waals surface area contributed by atoms with Crippen LogP contribution in [0, 0.1) is 11.8 Å². The van der Waals surface area contributed by atoms with Gasteiger partial charge in [0.15, 0.2) is 0 Å². The van der Waals surface area contributed by atoms with Crippen LogP contribution in [0.4, 0.5) is 4.79 Å². The lowest BCUT2D eigenvalue weighted by Gasteiger charge is -2.39. The van der Waals surface area contributed by atoms with Crippen molar-refractivity contribution in [1.82, 2.24) is 10.6 Å². The average Bonchev–Trinajstić information content (AvgIpc) is 2.14. The molecule has 0 radical (unpaired) electrons. The molecule has 1 unspecified atom stereocenters. The summed E-state index contributed by atoms with van der Waals surface area (Å²) in [4.78, 5) is 22.5. The number of aliphatic carboxylic acids is 1. The van der Waals surface area contributed by atoms with Crippen molar-refractivity contribution < 1.29 is 14.7 Å². The first-order valence-corrected chi connectivity index (χ1v) is 6.13. The summed E-state index contributed by atoms with van der Waals surface area (Å²) in [5.74, 6) is -1.39. The number of carboxylic acids is 1. The van der Waals surface area contributed by atoms with Crippen LogP contribution < -0.4 is 10.6 Å². The number of carboxylic acid groups (broad SMARTS) is 1. The van der Waals surface area contributed by atoms with E-state index in [0.717, 1.165) is 19.3 Å². The topological polar surface area (TPSA) is 78.4 Å². The first kappa shape index (κ1) is 13.8. The van der Waals surface area contributed by atoms with Gasteiger partial charge in [0.05, 0.1) is 5.92 Å². The van der Waals surface area contributed by atoms with Crippen LogP contribution in [0.2, 0.25) is 0 Å². The number of hydrogen-bond donors (Lipinski definition) is 3. The summed E-state index contributed by atoms with van der Waals surface area (Å²) >= 11 is 0. The van der Waals surface area contributed by atoms with Gasteiger partial charge in [-0.15, -0.1) is 0 Å². The fourth-order valence-corrected chi connectivity index (χ4v) is 1.96. The molecular weight excluding hydrogens is 220 g/mol. The molecule has 5 heteroatoms. The van der Waals surface area contributed by atoms with Gasteiger partial charge in [0.25, 0.3) is 0 Å². The van der Waals surface area contributed by atoms with Gasteiger partial charge < -0.3 is 15.7 Å². The first-order chi connectivity index (χ1) is 7.84. The predicted molar refractivity (Wildman–Crippen MR) is 64.8 cm³/mol. The van der Waals surface area contributed by atoms with E-state index in [4.69, 9.17) is 5.11 Å². The Bertz CT molecular complexity index is 298. The molecular formula is C12H22N2O3. The van der Waals surface area contributed by atoms with E-state index in [1.54, 1.807) is 0 Å². The zero-order valence-corrected chi connectivity index (χ0v) is 10.7. The Hall–Kier alpha value is -1.26. The minimum absolute atomic E-state index is 0.00656. The largest absolute Gasteiger partial charge is 0.481 e. The zero-order valence-electron chi connectivity index (χ0n) is 10.7. The molecule has 2 amide bonds. The molecule has 0 aliphatic heterocycles. The highest BCUT2D eigenvalue weighted by molar-refractivity contribution is 5.76. The third-order valence-electron chi connectivity index (χ3n) is 3.48. The van der Waals surface area contributed by atoms with E-state index in [1.807, 2.05) is 20.8 Å². The summed E-state index contributed by atoms with van der Waals surface area (Å²) in [6.45, 7) is 5.86. The monoisotopic (exact) mass is 242 g/mol. The molecule has 0 aromatic heterocycles. The predicted octanol–water partition coefficient (Wildman–Crippen LogP) is 1.58. The van der Waals surface area contributed by atoms with Crippen LogP contribution in [0.15, 0.2) is 0 Å². The summed E-state index contributed by atoms with van der Waals surface area (Å²) in [5, 5.41) is 14.5. The average molecular weight is 242 g/mol. The quantitative estimate of drug-likeness (QED) is 0.685. The molecule has 1 atom stereocenters. The van der Waals surface area contributed by atoms with Crippen LogP contribution in [0.25, 0.3) is 0 Å². The van der Waals surface area contributed by atoms with E-state index in [-0.39, 0.29) is 24.0 Å². The molecule has 1 fully saturated rings. The van der Waals surface area contributed by atoms with E-state index in [0.29, 0.717) is 0 Å². The molecule has 0 aromatic carbocycles. The molecule has 17 heavy (non-hydrogen) atoms. The number of urea groups is 1. The van der Waals surface area contributed by atoms with Gasteiger partial charge in [-0.05, 0) is 32.1 Å². The molecule has 3 N–H and O–H groups in total. The van der Waals surface area contributed by atoms with Crippen molar-refractivity contribution >= 4 is 12.0 Å². The van der Waals surface area contributed by atoms with Gasteiger partial charge in [-0.25, -0.2) is 4.79 Å². The Morgan fingerprint density at radius 1 is 1.35 bits per heavy atom. The molecule has 0 bridgehead atoms. The maximum Gasteiger partial charge on any atom is 0.315 e. The maximum atomic E-state index is 11.6. The summed E-state index contributed by atoms with van der Waals surface area (Å²) in [7, 11) is 0. The van der Waals surface area contributed by atoms with Crippen LogP contribution in [-0.2, 0) is 4.79 Å². The van der Waals surface area contributed by atoms with Crippen LogP contribution in [0.3, 0.4) is 0 Å². The lowest BCUT2D eigenvalue weighted by Crippen LogP contribution is -2.55. The third kappa shape index (κ3) is 3.91. The minimum Gasteiger partial charge on any atom is -0.481 e. The summed E-state index contributed by atoms with van der Waals surface area (Å²) < 4.78 is 0. The van der Waals surface area contributed by atoms with Gasteiger partial charge in [0.1, 0.15) is 0 Å². The number of carbonyl (C=O) groups excluding carboxylic acids is 1. The minimum atomic E-state index is -0.866. The van der Waals surface area contributed by atoms with Crippen molar-refractivity contribution in [2.24, 2.45) is 11.8 Å². The fraction of sp³-hybridized carbons (Fsp3) is 0.833. The van der Waals surface area contributed by atoms with Crippen molar-refractivity contribution in [3.63, 3.8) is 0 Å². The summed E-state index contributed by atoms with van der Waals surface area (Å²) in [6, 6.07) is -0.265. The lowest BCUT2D eigenvalue weighted by molar-refractivity contribution is -0.142. The number of hydrogen-bond acceptors (Lipinski definition) is 2. The molecule has 98 valence electrons. The molecule has 1 rings (SSSR count). The van der Waals surface area contributed by atoms with E-state index in [2.05, 4.69) is 10.6 Å². The highest BCUT2D eigenvalue weighted by Crippen LogP contribution is 2.30. The Kier molecular flexibility index (Phi) is 4.37. The second-order valence-corrected chi connectivity index (χ2v) is 5.44. The molecule has 5 nitrogen and oxygen atoms in total. The van der Waals surface area contributed by atoms with Crippen LogP contribution in [0.1, 0.15) is 40.0 Å². The zero-order chi connectivity index (χ0) is 13.1. The van der Waals surface area contributed by atoms with Gasteiger partial charge in [0, 0.05) is 12.1 Å². The number of rotatable bonds is 5. The highest BCUT2D eigenvalue weighted by Gasteiger charge is 2.33.